The Balaban J connectivity index is 0.919. The fourth-order valence-corrected chi connectivity index (χ4v) is 8.71. The van der Waals surface area contributed by atoms with E-state index in [1.165, 1.54) is 4.57 Å². The molecule has 7 N–H and O–H groups in total. The number of amides is 6. The van der Waals surface area contributed by atoms with Gasteiger partial charge in [0.1, 0.15) is 25.5 Å². The lowest BCUT2D eigenvalue weighted by Gasteiger charge is -2.31. The number of carbonyl (C=O) groups is 7. The normalized spacial score (nSPS) is 17.1. The first kappa shape index (κ1) is 47.4. The van der Waals surface area contributed by atoms with E-state index < -0.39 is 71.9 Å². The van der Waals surface area contributed by atoms with Gasteiger partial charge in [-0.3, -0.25) is 33.6 Å². The zero-order valence-corrected chi connectivity index (χ0v) is 37.8. The maximum absolute atomic E-state index is 14.0. The molecule has 68 heavy (non-hydrogen) atoms. The molecule has 1 saturated carbocycles. The number of aliphatic hydroxyl groups is 1. The van der Waals surface area contributed by atoms with Crippen molar-refractivity contribution in [2.75, 3.05) is 33.2 Å². The maximum Gasteiger partial charge on any atom is 0.343 e. The number of hydrogen-bond donors (Lipinski definition) is 7. The first-order chi connectivity index (χ1) is 32.7. The molecule has 5 heterocycles. The van der Waals surface area contributed by atoms with Gasteiger partial charge in [0.25, 0.3) is 5.56 Å². The molecule has 0 bridgehead atoms. The summed E-state index contributed by atoms with van der Waals surface area (Å²) in [5.41, 5.74) is 0.719. The van der Waals surface area contributed by atoms with E-state index in [2.05, 4.69) is 31.9 Å². The predicted molar refractivity (Wildman–Crippen MR) is 240 cm³/mol. The lowest BCUT2D eigenvalue weighted by Crippen LogP contribution is -2.52. The zero-order valence-electron chi connectivity index (χ0n) is 37.1. The molecule has 3 atom stereocenters. The van der Waals surface area contributed by atoms with E-state index >= 15 is 0 Å². The smallest absolute Gasteiger partial charge is 0.343 e. The summed E-state index contributed by atoms with van der Waals surface area (Å²) in [4.78, 5) is 108. The van der Waals surface area contributed by atoms with Crippen LogP contribution in [0.3, 0.4) is 0 Å². The molecule has 0 saturated heterocycles. The van der Waals surface area contributed by atoms with Gasteiger partial charge in [0.2, 0.25) is 42.2 Å². The second-order valence-corrected chi connectivity index (χ2v) is 17.0. The van der Waals surface area contributed by atoms with Crippen molar-refractivity contribution in [2.45, 2.75) is 83.4 Å². The Labute approximate surface area is 392 Å². The molecule has 2 aromatic carbocycles. The van der Waals surface area contributed by atoms with Gasteiger partial charge < -0.3 is 60.5 Å². The number of nitrogens with zero attached hydrogens (tertiary/aromatic N) is 2. The molecular weight excluding hydrogens is 908 g/mol. The van der Waals surface area contributed by atoms with Crippen LogP contribution in [-0.4, -0.2) is 101 Å². The molecule has 8 rings (SSSR count). The van der Waals surface area contributed by atoms with Crippen molar-refractivity contribution in [3.63, 3.8) is 0 Å². The Hall–Kier alpha value is -7.10. The highest BCUT2D eigenvalue weighted by Crippen LogP contribution is 2.48. The highest BCUT2D eigenvalue weighted by molar-refractivity contribution is 6.37. The number of hydrogen-bond acceptors (Lipinski definition) is 14. The average molecular weight is 957 g/mol. The summed E-state index contributed by atoms with van der Waals surface area (Å²) in [6.45, 7) is 1.14. The van der Waals surface area contributed by atoms with Crippen LogP contribution in [0.2, 0.25) is 5.02 Å². The highest BCUT2D eigenvalue weighted by Gasteiger charge is 2.46. The number of nitrogens with one attached hydrogen (secondary N) is 6. The van der Waals surface area contributed by atoms with Gasteiger partial charge >= 0.3 is 5.97 Å². The minimum atomic E-state index is -2.04. The lowest BCUT2D eigenvalue weighted by molar-refractivity contribution is -0.172. The third-order valence-electron chi connectivity index (χ3n) is 12.2. The summed E-state index contributed by atoms with van der Waals surface area (Å²) in [6.07, 6.45) is 0.633. The topological polar surface area (TPSA) is 284 Å². The number of rotatable bonds is 19. The number of aromatic nitrogens is 2. The zero-order chi connectivity index (χ0) is 48.3. The number of esters is 1. The summed E-state index contributed by atoms with van der Waals surface area (Å²) in [5, 5.41) is 27.4. The summed E-state index contributed by atoms with van der Waals surface area (Å²) in [7, 11) is 0. The van der Waals surface area contributed by atoms with Crippen LogP contribution in [-0.2, 0) is 74.8 Å². The largest absolute Gasteiger partial charge is 0.458 e. The van der Waals surface area contributed by atoms with Crippen molar-refractivity contribution in [2.24, 2.45) is 5.92 Å². The number of cyclic esters (lactones) is 1. The Morgan fingerprint density at radius 3 is 2.34 bits per heavy atom. The summed E-state index contributed by atoms with van der Waals surface area (Å²) in [6, 6.07) is 11.0. The van der Waals surface area contributed by atoms with Crippen LogP contribution < -0.4 is 46.9 Å². The molecule has 1 unspecified atom stereocenters. The lowest BCUT2D eigenvalue weighted by atomic mass is 9.86. The van der Waals surface area contributed by atoms with Crippen molar-refractivity contribution in [1.29, 1.82) is 0 Å². The van der Waals surface area contributed by atoms with E-state index in [4.69, 9.17) is 35.5 Å². The third kappa shape index (κ3) is 9.81. The Bertz CT molecular complexity index is 2780. The molecule has 2 aromatic heterocycles. The van der Waals surface area contributed by atoms with Crippen LogP contribution in [0, 0.1) is 5.92 Å². The van der Waals surface area contributed by atoms with E-state index in [0.717, 1.165) is 5.56 Å². The molecule has 4 aliphatic rings. The van der Waals surface area contributed by atoms with Crippen molar-refractivity contribution in [3.05, 3.63) is 85.7 Å². The first-order valence-electron chi connectivity index (χ1n) is 22.1. The van der Waals surface area contributed by atoms with Crippen molar-refractivity contribution < 1.29 is 57.6 Å². The predicted octanol–water partition coefficient (Wildman–Crippen LogP) is 0.433. The van der Waals surface area contributed by atoms with E-state index in [0.29, 0.717) is 57.8 Å². The van der Waals surface area contributed by atoms with Gasteiger partial charge in [-0.05, 0) is 42.4 Å². The van der Waals surface area contributed by atoms with Gasteiger partial charge in [-0.15, -0.1) is 0 Å². The molecule has 22 heteroatoms. The molecule has 358 valence electrons. The number of benzene rings is 2. The maximum atomic E-state index is 14.0. The number of ether oxygens (including phenoxy) is 4. The first-order valence-corrected chi connectivity index (χ1v) is 22.5. The van der Waals surface area contributed by atoms with Gasteiger partial charge in [-0.2, -0.15) is 0 Å². The Morgan fingerprint density at radius 1 is 0.882 bits per heavy atom. The minimum absolute atomic E-state index is 0.0259. The second kappa shape index (κ2) is 20.0. The van der Waals surface area contributed by atoms with E-state index in [1.807, 2.05) is 0 Å². The Kier molecular flexibility index (Phi) is 13.9. The molecule has 3 aliphatic heterocycles. The minimum Gasteiger partial charge on any atom is -0.458 e. The number of carbonyl (C=O) groups excluding carboxylic acids is 7. The molecule has 0 spiro atoms. The van der Waals surface area contributed by atoms with Crippen molar-refractivity contribution in [3.8, 4) is 22.9 Å². The molecule has 1 fully saturated rings. The molecular formula is C46H49ClN8O13. The molecule has 4 aromatic rings. The quantitative estimate of drug-likeness (QED) is 0.0437. The fourth-order valence-electron chi connectivity index (χ4n) is 8.35. The summed E-state index contributed by atoms with van der Waals surface area (Å²) in [5.74, 6) is -3.76. The molecule has 1 aliphatic carbocycles. The van der Waals surface area contributed by atoms with Crippen LogP contribution in [0.4, 0.5) is 0 Å². The van der Waals surface area contributed by atoms with E-state index in [9.17, 15) is 43.5 Å². The van der Waals surface area contributed by atoms with Crippen LogP contribution >= 0.6 is 11.6 Å². The van der Waals surface area contributed by atoms with Crippen molar-refractivity contribution >= 4 is 63.9 Å². The second-order valence-electron chi connectivity index (χ2n) is 16.7. The monoisotopic (exact) mass is 956 g/mol. The van der Waals surface area contributed by atoms with E-state index in [1.54, 1.807) is 56.3 Å². The van der Waals surface area contributed by atoms with Gasteiger partial charge in [-0.25, -0.2) is 9.78 Å². The standard InChI is InChI=1S/C46H49ClN8O13/c1-3-33(56)48-16-34(57)49-18-36(59)53-30(12-23-8-6-5-7-9-23)42(60)51-17-35(58)52-21-66-40(24-10-11-24)43(61)50-15-25-26-19-55-31(13-28-27(44(55)62)20-65-45(63)46(28,64)4-2)39(26)54-29-14-32-41(68-22-67-32)38(47)37(25)29/h5-9,13-14,24,30,40,64H,3-4,10-12,15-22H2,1-2H3,(H,48,56)(H,49,57)(H,50,61)(H,51,60)(H,52,58)(H,53,59)/t30-,40?,46-/m0/s1. The van der Waals surface area contributed by atoms with Crippen LogP contribution in [0.15, 0.2) is 47.3 Å². The van der Waals surface area contributed by atoms with Gasteiger partial charge in [0.05, 0.1) is 53.7 Å². The molecule has 0 radical (unpaired) electrons. The number of halogens is 1. The van der Waals surface area contributed by atoms with Crippen molar-refractivity contribution in [1.82, 2.24) is 41.5 Å². The summed E-state index contributed by atoms with van der Waals surface area (Å²) < 4.78 is 23.9. The molecule has 21 nitrogen and oxygen atoms in total. The van der Waals surface area contributed by atoms with Gasteiger partial charge in [0, 0.05) is 42.0 Å². The molecule has 6 amide bonds. The van der Waals surface area contributed by atoms with Crippen LogP contribution in [0.1, 0.15) is 67.3 Å². The fraction of sp³-hybridized carbons (Fsp3) is 0.413. The highest BCUT2D eigenvalue weighted by atomic mass is 35.5. The average Bonchev–Trinajstić information content (AvgIpc) is 3.94. The summed E-state index contributed by atoms with van der Waals surface area (Å²) >= 11 is 6.97. The number of pyridine rings is 2. The Morgan fingerprint density at radius 2 is 1.60 bits per heavy atom. The van der Waals surface area contributed by atoms with Gasteiger partial charge in [0.15, 0.2) is 17.1 Å². The van der Waals surface area contributed by atoms with E-state index in [-0.39, 0.29) is 87.0 Å². The van der Waals surface area contributed by atoms with Crippen LogP contribution in [0.25, 0.3) is 22.3 Å². The van der Waals surface area contributed by atoms with Crippen LogP contribution in [0.5, 0.6) is 11.5 Å². The number of fused-ring (bicyclic) bond motifs is 6. The third-order valence-corrected chi connectivity index (χ3v) is 12.6. The van der Waals surface area contributed by atoms with Gasteiger partial charge in [-0.1, -0.05) is 55.8 Å². The SMILES string of the molecule is CCC(=O)NCC(=O)NCC(=O)N[C@@H](Cc1ccccc1)C(=O)NCC(=O)NCOC(C(=O)NCc1c2c(nc3cc4c(c(Cl)c13)OCO4)-c1cc3c(c(=O)n1C2)COC(=O)[C@]3(O)CC)C1CC1.